The Morgan fingerprint density at radius 2 is 1.95 bits per heavy atom. The van der Waals surface area contributed by atoms with Crippen molar-refractivity contribution in [2.24, 2.45) is 5.92 Å². The highest BCUT2D eigenvalue weighted by molar-refractivity contribution is 5.92. The molecule has 1 saturated heterocycles. The molecule has 1 aromatic heterocycles. The van der Waals surface area contributed by atoms with Gasteiger partial charge in [0.15, 0.2) is 0 Å². The van der Waals surface area contributed by atoms with Crippen LogP contribution in [0.3, 0.4) is 0 Å². The summed E-state index contributed by atoms with van der Waals surface area (Å²) in [7, 11) is 0. The summed E-state index contributed by atoms with van der Waals surface area (Å²) in [5.41, 5.74) is 0.498. The maximum absolute atomic E-state index is 12.3. The summed E-state index contributed by atoms with van der Waals surface area (Å²) in [6, 6.07) is 1.83. The van der Waals surface area contributed by atoms with E-state index in [-0.39, 0.29) is 5.91 Å². The largest absolute Gasteiger partial charge is 0.356 e. The second-order valence-corrected chi connectivity index (χ2v) is 5.41. The predicted molar refractivity (Wildman–Crippen MR) is 79.9 cm³/mol. The molecule has 0 radical (unpaired) electrons. The van der Waals surface area contributed by atoms with Crippen molar-refractivity contribution in [2.75, 3.05) is 31.1 Å². The van der Waals surface area contributed by atoms with E-state index in [0.717, 1.165) is 24.8 Å². The number of piperidine rings is 1. The Morgan fingerprint density at radius 1 is 1.30 bits per heavy atom. The van der Waals surface area contributed by atoms with E-state index in [4.69, 9.17) is 0 Å². The normalized spacial score (nSPS) is 16.2. The fourth-order valence-corrected chi connectivity index (χ4v) is 2.55. The fraction of sp³-hybridized carbons (Fsp3) is 0.667. The van der Waals surface area contributed by atoms with Crippen LogP contribution in [0.25, 0.3) is 0 Å². The molecule has 0 aliphatic carbocycles. The molecular weight excluding hydrogens is 252 g/mol. The van der Waals surface area contributed by atoms with Crippen LogP contribution in [-0.2, 0) is 0 Å². The molecule has 0 aromatic carbocycles. The average Bonchev–Trinajstić information content (AvgIpc) is 2.49. The molecule has 0 spiro atoms. The second-order valence-electron chi connectivity index (χ2n) is 5.41. The van der Waals surface area contributed by atoms with Crippen LogP contribution in [0.5, 0.6) is 0 Å². The number of aromatic nitrogens is 2. The van der Waals surface area contributed by atoms with E-state index < -0.39 is 0 Å². The summed E-state index contributed by atoms with van der Waals surface area (Å²) in [5, 5.41) is 0. The zero-order valence-electron chi connectivity index (χ0n) is 12.7. The minimum atomic E-state index is -0.0102. The van der Waals surface area contributed by atoms with E-state index in [1.54, 1.807) is 4.90 Å². The molecule has 5 heteroatoms. The van der Waals surface area contributed by atoms with E-state index in [0.29, 0.717) is 18.8 Å². The number of carbonyl (C=O) groups is 1. The van der Waals surface area contributed by atoms with Crippen LogP contribution in [0.4, 0.5) is 5.82 Å². The zero-order valence-corrected chi connectivity index (χ0v) is 12.7. The Kier molecular flexibility index (Phi) is 4.93. The Balaban J connectivity index is 2.13. The van der Waals surface area contributed by atoms with Crippen LogP contribution in [-0.4, -0.2) is 47.0 Å². The Hall–Kier alpha value is -1.65. The summed E-state index contributed by atoms with van der Waals surface area (Å²) in [5.74, 6) is 1.65. The van der Waals surface area contributed by atoms with Crippen LogP contribution in [0.1, 0.15) is 44.1 Å². The molecule has 1 fully saturated rings. The first kappa shape index (κ1) is 14.8. The van der Waals surface area contributed by atoms with Crippen molar-refractivity contribution in [3.63, 3.8) is 0 Å². The first-order valence-corrected chi connectivity index (χ1v) is 7.52. The molecule has 0 unspecified atom stereocenters. The van der Waals surface area contributed by atoms with Crippen molar-refractivity contribution in [3.8, 4) is 0 Å². The van der Waals surface area contributed by atoms with E-state index >= 15 is 0 Å². The van der Waals surface area contributed by atoms with Gasteiger partial charge in [0.2, 0.25) is 0 Å². The van der Waals surface area contributed by atoms with Crippen LogP contribution >= 0.6 is 0 Å². The van der Waals surface area contributed by atoms with Crippen LogP contribution in [0.15, 0.2) is 12.4 Å². The summed E-state index contributed by atoms with van der Waals surface area (Å²) >= 11 is 0. The molecule has 2 rings (SSSR count). The third-order valence-corrected chi connectivity index (χ3v) is 4.03. The molecule has 0 atom stereocenters. The molecular formula is C15H24N4O. The van der Waals surface area contributed by atoms with Crippen LogP contribution in [0, 0.1) is 5.92 Å². The highest BCUT2D eigenvalue weighted by Crippen LogP contribution is 2.21. The van der Waals surface area contributed by atoms with E-state index in [1.807, 2.05) is 19.9 Å². The van der Waals surface area contributed by atoms with Crippen LogP contribution < -0.4 is 4.90 Å². The lowest BCUT2D eigenvalue weighted by atomic mass is 9.99. The molecule has 1 amide bonds. The third-order valence-electron chi connectivity index (χ3n) is 4.03. The molecule has 0 N–H and O–H groups in total. The van der Waals surface area contributed by atoms with E-state index in [9.17, 15) is 4.79 Å². The monoisotopic (exact) mass is 276 g/mol. The quantitative estimate of drug-likeness (QED) is 0.846. The standard InChI is InChI=1S/C15H24N4O/c1-4-18(5-2)15(20)13-10-14(17-11-16-13)19-8-6-12(3)7-9-19/h10-12H,4-9H2,1-3H3. The van der Waals surface area contributed by atoms with Crippen molar-refractivity contribution in [2.45, 2.75) is 33.6 Å². The zero-order chi connectivity index (χ0) is 14.5. The van der Waals surface area contributed by atoms with E-state index in [1.165, 1.54) is 19.2 Å². The Morgan fingerprint density at radius 3 is 2.55 bits per heavy atom. The van der Waals surface area contributed by atoms with Crippen molar-refractivity contribution >= 4 is 11.7 Å². The number of nitrogens with zero attached hydrogens (tertiary/aromatic N) is 4. The molecule has 2 heterocycles. The smallest absolute Gasteiger partial charge is 0.272 e. The molecule has 1 aliphatic rings. The SMILES string of the molecule is CCN(CC)C(=O)c1cc(N2CCC(C)CC2)ncn1. The highest BCUT2D eigenvalue weighted by Gasteiger charge is 2.20. The van der Waals surface area contributed by atoms with Crippen LogP contribution in [0.2, 0.25) is 0 Å². The van der Waals surface area contributed by atoms with Crippen molar-refractivity contribution in [3.05, 3.63) is 18.1 Å². The molecule has 5 nitrogen and oxygen atoms in total. The minimum absolute atomic E-state index is 0.0102. The van der Waals surface area contributed by atoms with Gasteiger partial charge in [0, 0.05) is 32.2 Å². The summed E-state index contributed by atoms with van der Waals surface area (Å²) in [6.07, 6.45) is 3.87. The summed E-state index contributed by atoms with van der Waals surface area (Å²) in [6.45, 7) is 9.68. The third kappa shape index (κ3) is 3.26. The number of rotatable bonds is 4. The lowest BCUT2D eigenvalue weighted by Gasteiger charge is -2.31. The number of amides is 1. The minimum Gasteiger partial charge on any atom is -0.356 e. The van der Waals surface area contributed by atoms with E-state index in [2.05, 4.69) is 21.8 Å². The molecule has 1 aliphatic heterocycles. The van der Waals surface area contributed by atoms with Gasteiger partial charge in [0.25, 0.3) is 5.91 Å². The molecule has 20 heavy (non-hydrogen) atoms. The van der Waals surface area contributed by atoms with Crippen molar-refractivity contribution in [1.82, 2.24) is 14.9 Å². The summed E-state index contributed by atoms with van der Waals surface area (Å²) in [4.78, 5) is 24.8. The van der Waals surface area contributed by atoms with Gasteiger partial charge >= 0.3 is 0 Å². The van der Waals surface area contributed by atoms with Gasteiger partial charge in [-0.05, 0) is 32.6 Å². The Labute approximate surface area is 121 Å². The second kappa shape index (κ2) is 6.68. The average molecular weight is 276 g/mol. The van der Waals surface area contributed by atoms with Gasteiger partial charge in [-0.3, -0.25) is 4.79 Å². The number of hydrogen-bond acceptors (Lipinski definition) is 4. The highest BCUT2D eigenvalue weighted by atomic mass is 16.2. The number of hydrogen-bond donors (Lipinski definition) is 0. The maximum Gasteiger partial charge on any atom is 0.272 e. The molecule has 110 valence electrons. The van der Waals surface area contributed by atoms with Gasteiger partial charge in [-0.2, -0.15) is 0 Å². The topological polar surface area (TPSA) is 49.3 Å². The van der Waals surface area contributed by atoms with Gasteiger partial charge in [-0.25, -0.2) is 9.97 Å². The lowest BCUT2D eigenvalue weighted by molar-refractivity contribution is 0.0767. The molecule has 1 aromatic rings. The molecule has 0 saturated carbocycles. The molecule has 0 bridgehead atoms. The fourth-order valence-electron chi connectivity index (χ4n) is 2.55. The van der Waals surface area contributed by atoms with Gasteiger partial charge in [-0.15, -0.1) is 0 Å². The van der Waals surface area contributed by atoms with Gasteiger partial charge in [-0.1, -0.05) is 6.92 Å². The number of carbonyl (C=O) groups excluding carboxylic acids is 1. The van der Waals surface area contributed by atoms with Gasteiger partial charge in [0.1, 0.15) is 17.8 Å². The predicted octanol–water partition coefficient (Wildman–Crippen LogP) is 2.19. The Bertz CT molecular complexity index is 451. The number of anilines is 1. The van der Waals surface area contributed by atoms with Crippen molar-refractivity contribution < 1.29 is 4.79 Å². The maximum atomic E-state index is 12.3. The first-order chi connectivity index (χ1) is 9.65. The van der Waals surface area contributed by atoms with Gasteiger partial charge in [0.05, 0.1) is 0 Å². The first-order valence-electron chi connectivity index (χ1n) is 7.52. The van der Waals surface area contributed by atoms with Crippen molar-refractivity contribution in [1.29, 1.82) is 0 Å². The summed E-state index contributed by atoms with van der Waals surface area (Å²) < 4.78 is 0. The lowest BCUT2D eigenvalue weighted by Crippen LogP contribution is -2.34. The van der Waals surface area contributed by atoms with Gasteiger partial charge < -0.3 is 9.80 Å².